The summed E-state index contributed by atoms with van der Waals surface area (Å²) in [5, 5.41) is 6.31. The number of nitrogens with zero attached hydrogens (tertiary/aromatic N) is 1. The molecule has 0 bridgehead atoms. The highest BCUT2D eigenvalue weighted by atomic mass is 19.4. The molecule has 1 saturated heterocycles. The van der Waals surface area contributed by atoms with E-state index in [0.29, 0.717) is 25.9 Å². The maximum atomic E-state index is 13.2. The molecule has 1 fully saturated rings. The van der Waals surface area contributed by atoms with Crippen LogP contribution >= 0.6 is 0 Å². The number of amides is 1. The minimum absolute atomic E-state index is 0.0726. The van der Waals surface area contributed by atoms with Crippen molar-refractivity contribution in [3.63, 3.8) is 0 Å². The first-order chi connectivity index (χ1) is 12.9. The molecular weight excluding hydrogens is 355 g/mol. The lowest BCUT2D eigenvalue weighted by atomic mass is 9.84. The van der Waals surface area contributed by atoms with Crippen molar-refractivity contribution in [1.29, 1.82) is 0 Å². The highest BCUT2D eigenvalue weighted by Gasteiger charge is 2.44. The van der Waals surface area contributed by atoms with Crippen LogP contribution in [0.1, 0.15) is 24.0 Å². The molecule has 27 heavy (non-hydrogen) atoms. The molecule has 4 nitrogen and oxygen atoms in total. The summed E-state index contributed by atoms with van der Waals surface area (Å²) < 4.78 is 39.6. The second kappa shape index (κ2) is 6.56. The molecule has 2 aromatic carbocycles. The number of halogens is 3. The summed E-state index contributed by atoms with van der Waals surface area (Å²) in [6, 6.07) is 13.2. The predicted octanol–water partition coefficient (Wildman–Crippen LogP) is 4.10. The van der Waals surface area contributed by atoms with Crippen molar-refractivity contribution in [2.24, 2.45) is 0 Å². The van der Waals surface area contributed by atoms with Crippen LogP contribution in [0, 0.1) is 0 Å². The normalized spacial score (nSPS) is 19.3. The highest BCUT2D eigenvalue weighted by Crippen LogP contribution is 2.37. The van der Waals surface area contributed by atoms with Gasteiger partial charge in [-0.15, -0.1) is 0 Å². The van der Waals surface area contributed by atoms with Crippen LogP contribution in [0.2, 0.25) is 0 Å². The van der Waals surface area contributed by atoms with Crippen molar-refractivity contribution in [2.75, 3.05) is 23.7 Å². The molecule has 0 aromatic heterocycles. The third kappa shape index (κ3) is 3.39. The average molecular weight is 375 g/mol. The van der Waals surface area contributed by atoms with Crippen LogP contribution in [0.25, 0.3) is 0 Å². The Balaban J connectivity index is 1.47. The van der Waals surface area contributed by atoms with E-state index in [-0.39, 0.29) is 18.0 Å². The first kappa shape index (κ1) is 17.9. The Kier molecular flexibility index (Phi) is 4.34. The van der Waals surface area contributed by atoms with Crippen molar-refractivity contribution < 1.29 is 18.0 Å². The van der Waals surface area contributed by atoms with E-state index >= 15 is 0 Å². The van der Waals surface area contributed by atoms with Crippen LogP contribution in [-0.4, -0.2) is 29.4 Å². The number of fused-ring (bicyclic) bond motifs is 1. The number of hydrogen-bond donors (Lipinski definition) is 2. The van der Waals surface area contributed by atoms with E-state index in [9.17, 15) is 18.0 Å². The molecule has 2 heterocycles. The van der Waals surface area contributed by atoms with Crippen molar-refractivity contribution in [2.45, 2.75) is 31.1 Å². The summed E-state index contributed by atoms with van der Waals surface area (Å²) in [5.41, 5.74) is 0.622. The number of para-hydroxylation sites is 2. The first-order valence-electron chi connectivity index (χ1n) is 8.94. The van der Waals surface area contributed by atoms with Crippen LogP contribution in [0.5, 0.6) is 0 Å². The third-order valence-electron chi connectivity index (χ3n) is 5.41. The molecule has 0 radical (unpaired) electrons. The van der Waals surface area contributed by atoms with Gasteiger partial charge < -0.3 is 10.6 Å². The Morgan fingerprint density at radius 2 is 1.59 bits per heavy atom. The smallest absolute Gasteiger partial charge is 0.369 e. The lowest BCUT2D eigenvalue weighted by Crippen LogP contribution is -2.58. The van der Waals surface area contributed by atoms with Gasteiger partial charge in [0.15, 0.2) is 0 Å². The van der Waals surface area contributed by atoms with Crippen LogP contribution in [0.3, 0.4) is 0 Å². The Hall–Kier alpha value is -2.54. The second-order valence-electron chi connectivity index (χ2n) is 7.14. The minimum atomic E-state index is -4.36. The van der Waals surface area contributed by atoms with E-state index < -0.39 is 17.3 Å². The zero-order chi connectivity index (χ0) is 19.1. The fourth-order valence-corrected chi connectivity index (χ4v) is 3.88. The SMILES string of the molecule is O=C1Nc2ccccc2NC12CCN(Cc1ccccc1C(F)(F)F)CC2. The van der Waals surface area contributed by atoms with Gasteiger partial charge in [-0.05, 0) is 36.6 Å². The Labute approximate surface area is 155 Å². The first-order valence-corrected chi connectivity index (χ1v) is 8.94. The molecular formula is C20H20F3N3O. The summed E-state index contributed by atoms with van der Waals surface area (Å²) in [5.74, 6) is -0.0726. The van der Waals surface area contributed by atoms with Gasteiger partial charge >= 0.3 is 6.18 Å². The number of rotatable bonds is 2. The molecule has 0 unspecified atom stereocenters. The predicted molar refractivity (Wildman–Crippen MR) is 97.4 cm³/mol. The fraction of sp³-hybridized carbons (Fsp3) is 0.350. The van der Waals surface area contributed by atoms with Gasteiger partial charge in [0, 0.05) is 19.6 Å². The number of piperidine rings is 1. The van der Waals surface area contributed by atoms with E-state index in [1.807, 2.05) is 29.2 Å². The van der Waals surface area contributed by atoms with E-state index in [1.165, 1.54) is 12.1 Å². The Morgan fingerprint density at radius 3 is 2.30 bits per heavy atom. The van der Waals surface area contributed by atoms with Gasteiger partial charge in [-0.25, -0.2) is 0 Å². The lowest BCUT2D eigenvalue weighted by Gasteiger charge is -2.44. The van der Waals surface area contributed by atoms with E-state index in [0.717, 1.165) is 17.4 Å². The van der Waals surface area contributed by atoms with Crippen molar-refractivity contribution in [1.82, 2.24) is 4.90 Å². The van der Waals surface area contributed by atoms with Crippen molar-refractivity contribution >= 4 is 17.3 Å². The average Bonchev–Trinajstić information content (AvgIpc) is 2.64. The monoisotopic (exact) mass is 375 g/mol. The van der Waals surface area contributed by atoms with Gasteiger partial charge in [-0.1, -0.05) is 30.3 Å². The second-order valence-corrected chi connectivity index (χ2v) is 7.14. The maximum Gasteiger partial charge on any atom is 0.416 e. The van der Waals surface area contributed by atoms with Crippen LogP contribution < -0.4 is 10.6 Å². The molecule has 2 N–H and O–H groups in total. The quantitative estimate of drug-likeness (QED) is 0.831. The zero-order valence-electron chi connectivity index (χ0n) is 14.6. The number of benzene rings is 2. The molecule has 2 aliphatic rings. The largest absolute Gasteiger partial charge is 0.416 e. The van der Waals surface area contributed by atoms with E-state index in [4.69, 9.17) is 0 Å². The number of alkyl halides is 3. The molecule has 1 amide bonds. The van der Waals surface area contributed by atoms with Crippen molar-refractivity contribution in [3.8, 4) is 0 Å². The molecule has 7 heteroatoms. The van der Waals surface area contributed by atoms with Gasteiger partial charge in [0.1, 0.15) is 5.54 Å². The van der Waals surface area contributed by atoms with Gasteiger partial charge in [-0.2, -0.15) is 13.2 Å². The Morgan fingerprint density at radius 1 is 0.963 bits per heavy atom. The van der Waals surface area contributed by atoms with Crippen LogP contribution in [0.15, 0.2) is 48.5 Å². The van der Waals surface area contributed by atoms with Crippen LogP contribution in [0.4, 0.5) is 24.5 Å². The number of carbonyl (C=O) groups is 1. The van der Waals surface area contributed by atoms with E-state index in [2.05, 4.69) is 10.6 Å². The summed E-state index contributed by atoms with van der Waals surface area (Å²) in [4.78, 5) is 14.6. The number of hydrogen-bond acceptors (Lipinski definition) is 3. The van der Waals surface area contributed by atoms with E-state index in [1.54, 1.807) is 6.07 Å². The summed E-state index contributed by atoms with van der Waals surface area (Å²) in [6.07, 6.45) is -3.27. The number of anilines is 2. The third-order valence-corrected chi connectivity index (χ3v) is 5.41. The molecule has 2 aromatic rings. The number of likely N-dealkylation sites (tertiary alicyclic amines) is 1. The summed E-state index contributed by atoms with van der Waals surface area (Å²) in [6.45, 7) is 1.33. The maximum absolute atomic E-state index is 13.2. The molecule has 142 valence electrons. The molecule has 0 aliphatic carbocycles. The van der Waals surface area contributed by atoms with Gasteiger partial charge in [0.05, 0.1) is 16.9 Å². The number of nitrogens with one attached hydrogen (secondary N) is 2. The van der Waals surface area contributed by atoms with Gasteiger partial charge in [-0.3, -0.25) is 9.69 Å². The molecule has 2 aliphatic heterocycles. The van der Waals surface area contributed by atoms with Gasteiger partial charge in [0.25, 0.3) is 0 Å². The summed E-state index contributed by atoms with van der Waals surface area (Å²) >= 11 is 0. The summed E-state index contributed by atoms with van der Waals surface area (Å²) in [7, 11) is 0. The molecule has 0 atom stereocenters. The topological polar surface area (TPSA) is 44.4 Å². The Bertz CT molecular complexity index is 858. The zero-order valence-corrected chi connectivity index (χ0v) is 14.6. The minimum Gasteiger partial charge on any atom is -0.369 e. The van der Waals surface area contributed by atoms with Gasteiger partial charge in [0.2, 0.25) is 5.91 Å². The van der Waals surface area contributed by atoms with Crippen LogP contribution in [-0.2, 0) is 17.5 Å². The molecule has 1 spiro atoms. The standard InChI is InChI=1S/C20H20F3N3O/c21-20(22,23)15-6-2-1-5-14(15)13-26-11-9-19(10-12-26)18(27)24-16-7-3-4-8-17(16)25-19/h1-8,25H,9-13H2,(H,24,27). The molecule has 4 rings (SSSR count). The highest BCUT2D eigenvalue weighted by molar-refractivity contribution is 6.06. The number of carbonyl (C=O) groups excluding carboxylic acids is 1. The lowest BCUT2D eigenvalue weighted by molar-refractivity contribution is -0.138. The van der Waals surface area contributed by atoms with Crippen molar-refractivity contribution in [3.05, 3.63) is 59.7 Å². The molecule has 0 saturated carbocycles. The fourth-order valence-electron chi connectivity index (χ4n) is 3.88.